The average Bonchev–Trinajstić information content (AvgIpc) is 2.83. The number of aromatic nitrogens is 3. The molecule has 0 fully saturated rings. The normalized spacial score (nSPS) is 10.5. The quantitative estimate of drug-likeness (QED) is 0.701. The van der Waals surface area contributed by atoms with E-state index in [9.17, 15) is 0 Å². The maximum absolute atomic E-state index is 6.19. The topological polar surface area (TPSA) is 30.7 Å². The molecule has 0 aliphatic rings. The highest BCUT2D eigenvalue weighted by Gasteiger charge is 2.09. The minimum atomic E-state index is 0.549. The molecule has 0 aliphatic heterocycles. The number of hydrogen-bond donors (Lipinski definition) is 0. The van der Waals surface area contributed by atoms with Gasteiger partial charge in [-0.25, -0.2) is 9.67 Å². The fourth-order valence-corrected chi connectivity index (χ4v) is 1.98. The van der Waals surface area contributed by atoms with Crippen LogP contribution in [0.3, 0.4) is 0 Å². The van der Waals surface area contributed by atoms with Gasteiger partial charge in [0.1, 0.15) is 5.15 Å². The van der Waals surface area contributed by atoms with Crippen molar-refractivity contribution in [2.24, 2.45) is 0 Å². The van der Waals surface area contributed by atoms with Gasteiger partial charge >= 0.3 is 0 Å². The monoisotopic (exact) mass is 255 g/mol. The van der Waals surface area contributed by atoms with Crippen LogP contribution in [0.2, 0.25) is 5.15 Å². The van der Waals surface area contributed by atoms with Gasteiger partial charge in [-0.15, -0.1) is 0 Å². The second-order valence-electron chi connectivity index (χ2n) is 3.82. The fourth-order valence-electron chi connectivity index (χ4n) is 1.75. The summed E-state index contributed by atoms with van der Waals surface area (Å²) in [5, 5.41) is 5.02. The molecule has 1 aromatic carbocycles. The van der Waals surface area contributed by atoms with Crippen molar-refractivity contribution in [3.05, 3.63) is 65.9 Å². The predicted molar refractivity (Wildman–Crippen MR) is 71.8 cm³/mol. The van der Waals surface area contributed by atoms with E-state index in [-0.39, 0.29) is 0 Å². The third-order valence-electron chi connectivity index (χ3n) is 2.60. The minimum absolute atomic E-state index is 0.549. The number of hydrogen-bond acceptors (Lipinski definition) is 2. The Hall–Kier alpha value is -2.13. The van der Waals surface area contributed by atoms with Crippen LogP contribution in [-0.2, 0) is 0 Å². The maximum atomic E-state index is 6.19. The highest BCUT2D eigenvalue weighted by Crippen LogP contribution is 2.23. The Balaban J connectivity index is 2.07. The summed E-state index contributed by atoms with van der Waals surface area (Å²) < 4.78 is 1.63. The van der Waals surface area contributed by atoms with E-state index in [2.05, 4.69) is 10.1 Å². The van der Waals surface area contributed by atoms with Crippen LogP contribution in [-0.4, -0.2) is 14.8 Å². The lowest BCUT2D eigenvalue weighted by molar-refractivity contribution is 0.851. The smallest absolute Gasteiger partial charge is 0.155 e. The Morgan fingerprint density at radius 1 is 0.944 bits per heavy atom. The van der Waals surface area contributed by atoms with E-state index in [0.717, 1.165) is 11.3 Å². The fraction of sp³-hybridized carbons (Fsp3) is 0. The molecule has 0 saturated carbocycles. The summed E-state index contributed by atoms with van der Waals surface area (Å²) in [5.74, 6) is 0.713. The summed E-state index contributed by atoms with van der Waals surface area (Å²) >= 11 is 6.19. The van der Waals surface area contributed by atoms with E-state index < -0.39 is 0 Å². The molecule has 4 heteroatoms. The van der Waals surface area contributed by atoms with Crippen molar-refractivity contribution in [2.75, 3.05) is 0 Å². The van der Waals surface area contributed by atoms with Gasteiger partial charge in [0.2, 0.25) is 0 Å². The van der Waals surface area contributed by atoms with Crippen LogP contribution < -0.4 is 0 Å². The Bertz CT molecular complexity index is 647. The van der Waals surface area contributed by atoms with Crippen molar-refractivity contribution >= 4 is 11.6 Å². The predicted octanol–water partition coefficient (Wildman–Crippen LogP) is 3.59. The van der Waals surface area contributed by atoms with Crippen molar-refractivity contribution in [1.29, 1.82) is 0 Å². The molecule has 0 aliphatic carbocycles. The number of pyridine rings is 1. The summed E-state index contributed by atoms with van der Waals surface area (Å²) in [7, 11) is 0. The third kappa shape index (κ3) is 2.00. The molecule has 0 radical (unpaired) electrons. The number of benzene rings is 1. The van der Waals surface area contributed by atoms with Gasteiger partial charge in [0.05, 0.1) is 5.69 Å². The van der Waals surface area contributed by atoms with Gasteiger partial charge in [0.25, 0.3) is 0 Å². The summed E-state index contributed by atoms with van der Waals surface area (Å²) in [6.45, 7) is 0. The first kappa shape index (κ1) is 11.0. The van der Waals surface area contributed by atoms with Crippen molar-refractivity contribution in [3.63, 3.8) is 0 Å². The molecule has 3 rings (SSSR count). The first-order valence-electron chi connectivity index (χ1n) is 5.57. The molecule has 0 amide bonds. The van der Waals surface area contributed by atoms with Crippen molar-refractivity contribution < 1.29 is 0 Å². The molecule has 2 aromatic heterocycles. The van der Waals surface area contributed by atoms with Crippen LogP contribution >= 0.6 is 11.6 Å². The molecular formula is C14H10ClN3. The van der Waals surface area contributed by atoms with Crippen LogP contribution in [0.4, 0.5) is 0 Å². The molecule has 0 spiro atoms. The first-order chi connectivity index (χ1) is 8.84. The zero-order chi connectivity index (χ0) is 12.4. The standard InChI is InChI=1S/C14H10ClN3/c15-13-10-12(11-6-2-1-3-7-11)17-18(13)14-8-4-5-9-16-14/h1-10H. The van der Waals surface area contributed by atoms with Gasteiger partial charge < -0.3 is 0 Å². The second kappa shape index (κ2) is 4.63. The van der Waals surface area contributed by atoms with E-state index in [0.29, 0.717) is 11.0 Å². The number of nitrogens with zero attached hydrogens (tertiary/aromatic N) is 3. The van der Waals surface area contributed by atoms with Crippen LogP contribution in [0, 0.1) is 0 Å². The lowest BCUT2D eigenvalue weighted by atomic mass is 10.2. The van der Waals surface area contributed by atoms with Crippen molar-refractivity contribution in [3.8, 4) is 17.1 Å². The van der Waals surface area contributed by atoms with Crippen LogP contribution in [0.1, 0.15) is 0 Å². The second-order valence-corrected chi connectivity index (χ2v) is 4.21. The largest absolute Gasteiger partial charge is 0.237 e. The summed E-state index contributed by atoms with van der Waals surface area (Å²) in [5.41, 5.74) is 1.88. The first-order valence-corrected chi connectivity index (χ1v) is 5.95. The van der Waals surface area contributed by atoms with Crippen molar-refractivity contribution in [2.45, 2.75) is 0 Å². The minimum Gasteiger partial charge on any atom is -0.237 e. The molecule has 2 heterocycles. The Kier molecular flexibility index (Phi) is 2.82. The molecule has 0 bridgehead atoms. The van der Waals surface area contributed by atoms with Gasteiger partial charge in [0.15, 0.2) is 5.82 Å². The van der Waals surface area contributed by atoms with Gasteiger partial charge in [-0.1, -0.05) is 48.0 Å². The van der Waals surface area contributed by atoms with Gasteiger partial charge in [-0.2, -0.15) is 5.10 Å². The zero-order valence-corrected chi connectivity index (χ0v) is 10.2. The lowest BCUT2D eigenvalue weighted by Gasteiger charge is -2.00. The highest BCUT2D eigenvalue weighted by molar-refractivity contribution is 6.30. The molecule has 88 valence electrons. The molecule has 3 nitrogen and oxygen atoms in total. The third-order valence-corrected chi connectivity index (χ3v) is 2.87. The Morgan fingerprint density at radius 2 is 1.72 bits per heavy atom. The summed E-state index contributed by atoms with van der Waals surface area (Å²) in [4.78, 5) is 4.23. The van der Waals surface area contributed by atoms with Gasteiger partial charge in [-0.3, -0.25) is 0 Å². The van der Waals surface area contributed by atoms with Crippen LogP contribution in [0.5, 0.6) is 0 Å². The van der Waals surface area contributed by atoms with E-state index in [1.165, 1.54) is 0 Å². The SMILES string of the molecule is Clc1cc(-c2ccccc2)nn1-c1ccccn1. The lowest BCUT2D eigenvalue weighted by Crippen LogP contribution is -1.98. The molecule has 0 saturated heterocycles. The van der Waals surface area contributed by atoms with Crippen molar-refractivity contribution in [1.82, 2.24) is 14.8 Å². The molecule has 18 heavy (non-hydrogen) atoms. The Morgan fingerprint density at radius 3 is 2.44 bits per heavy atom. The molecule has 0 atom stereocenters. The summed E-state index contributed by atoms with van der Waals surface area (Å²) in [6, 6.07) is 17.4. The summed E-state index contributed by atoms with van der Waals surface area (Å²) in [6.07, 6.45) is 1.72. The van der Waals surface area contributed by atoms with E-state index in [1.807, 2.05) is 54.6 Å². The van der Waals surface area contributed by atoms with Gasteiger partial charge in [0, 0.05) is 17.8 Å². The molecular weight excluding hydrogens is 246 g/mol. The molecule has 0 N–H and O–H groups in total. The number of halogens is 1. The maximum Gasteiger partial charge on any atom is 0.155 e. The number of rotatable bonds is 2. The molecule has 3 aromatic rings. The van der Waals surface area contributed by atoms with Crippen LogP contribution in [0.15, 0.2) is 60.8 Å². The van der Waals surface area contributed by atoms with Crippen LogP contribution in [0.25, 0.3) is 17.1 Å². The highest BCUT2D eigenvalue weighted by atomic mass is 35.5. The van der Waals surface area contributed by atoms with Gasteiger partial charge in [-0.05, 0) is 12.1 Å². The average molecular weight is 256 g/mol. The molecule has 0 unspecified atom stereocenters. The Labute approximate surface area is 110 Å². The van der Waals surface area contributed by atoms with E-state index in [4.69, 9.17) is 11.6 Å². The zero-order valence-electron chi connectivity index (χ0n) is 9.49. The van der Waals surface area contributed by atoms with E-state index in [1.54, 1.807) is 10.9 Å². The van der Waals surface area contributed by atoms with E-state index >= 15 is 0 Å².